The molecule has 0 saturated heterocycles. The molecular weight excluding hydrogens is 494 g/mol. The van der Waals surface area contributed by atoms with E-state index in [1.54, 1.807) is 43.2 Å². The molecule has 0 unspecified atom stereocenters. The maximum absolute atomic E-state index is 13.7. The van der Waals surface area contributed by atoms with Crippen molar-refractivity contribution in [1.82, 2.24) is 25.0 Å². The summed E-state index contributed by atoms with van der Waals surface area (Å²) in [5.74, 6) is -0.110. The molecule has 11 heteroatoms. The van der Waals surface area contributed by atoms with E-state index in [2.05, 4.69) is 15.4 Å². The summed E-state index contributed by atoms with van der Waals surface area (Å²) in [7, 11) is 3.89. The van der Waals surface area contributed by atoms with Gasteiger partial charge in [-0.1, -0.05) is 23.2 Å². The molecule has 0 aliphatic heterocycles. The molecule has 0 aliphatic carbocycles. The van der Waals surface area contributed by atoms with Gasteiger partial charge in [0.2, 0.25) is 5.91 Å². The number of carbonyl (C=O) groups is 1. The molecule has 1 amide bonds. The molecule has 0 atom stereocenters. The van der Waals surface area contributed by atoms with E-state index in [9.17, 15) is 9.18 Å². The summed E-state index contributed by atoms with van der Waals surface area (Å²) in [6, 6.07) is 4.41. The standard InChI is InChI=1S/C24H29Cl2FN6O2/c1-24(2,23(34)29-8-9-32(3)4)33-14-16(13-31-33)15-11-20(22(28)30-12-15)35-10-7-17-18(25)5-6-19(27)21(17)26/h5-6,11-14H,7-10H2,1-4H3,(H2,28,30)(H,29,34). The first kappa shape index (κ1) is 26.7. The van der Waals surface area contributed by atoms with E-state index >= 15 is 0 Å². The lowest BCUT2D eigenvalue weighted by atomic mass is 10.0. The zero-order valence-corrected chi connectivity index (χ0v) is 21.6. The van der Waals surface area contributed by atoms with Crippen LogP contribution in [0.2, 0.25) is 10.0 Å². The summed E-state index contributed by atoms with van der Waals surface area (Å²) >= 11 is 12.2. The molecule has 3 N–H and O–H groups in total. The van der Waals surface area contributed by atoms with Crippen LogP contribution in [0.3, 0.4) is 0 Å². The molecule has 0 radical (unpaired) electrons. The van der Waals surface area contributed by atoms with Crippen LogP contribution in [0.4, 0.5) is 10.2 Å². The highest BCUT2D eigenvalue weighted by Gasteiger charge is 2.30. The summed E-state index contributed by atoms with van der Waals surface area (Å²) in [5.41, 5.74) is 7.01. The second-order valence-corrected chi connectivity index (χ2v) is 9.60. The van der Waals surface area contributed by atoms with E-state index in [0.717, 1.165) is 12.1 Å². The van der Waals surface area contributed by atoms with Gasteiger partial charge in [-0.3, -0.25) is 9.48 Å². The number of nitrogens with two attached hydrogens (primary N) is 1. The fraction of sp³-hybridized carbons (Fsp3) is 0.375. The van der Waals surface area contributed by atoms with Crippen molar-refractivity contribution >= 4 is 34.9 Å². The van der Waals surface area contributed by atoms with Gasteiger partial charge in [0.05, 0.1) is 17.8 Å². The summed E-state index contributed by atoms with van der Waals surface area (Å²) in [6.45, 7) is 5.04. The number of ether oxygens (including phenoxy) is 1. The van der Waals surface area contributed by atoms with Gasteiger partial charge >= 0.3 is 0 Å². The number of aromatic nitrogens is 3. The highest BCUT2D eigenvalue weighted by molar-refractivity contribution is 6.36. The van der Waals surface area contributed by atoms with Crippen molar-refractivity contribution in [1.29, 1.82) is 0 Å². The Kier molecular flexibility index (Phi) is 8.58. The summed E-state index contributed by atoms with van der Waals surface area (Å²) in [4.78, 5) is 18.9. The first-order chi connectivity index (χ1) is 16.5. The maximum Gasteiger partial charge on any atom is 0.247 e. The van der Waals surface area contributed by atoms with E-state index in [4.69, 9.17) is 33.7 Å². The Hall–Kier alpha value is -2.88. The number of nitrogens with zero attached hydrogens (tertiary/aromatic N) is 4. The molecular formula is C24H29Cl2FN6O2. The van der Waals surface area contributed by atoms with Gasteiger partial charge in [0.25, 0.3) is 0 Å². The van der Waals surface area contributed by atoms with Gasteiger partial charge in [-0.05, 0) is 51.7 Å². The number of pyridine rings is 1. The Morgan fingerprint density at radius 2 is 2.00 bits per heavy atom. The number of benzene rings is 1. The lowest BCUT2D eigenvalue weighted by Gasteiger charge is -2.24. The lowest BCUT2D eigenvalue weighted by Crippen LogP contribution is -2.46. The minimum absolute atomic E-state index is 0.0262. The third-order valence-corrected chi connectivity index (χ3v) is 6.28. The lowest BCUT2D eigenvalue weighted by molar-refractivity contribution is -0.128. The number of nitrogens with one attached hydrogen (secondary N) is 1. The van der Waals surface area contributed by atoms with Gasteiger partial charge in [0.1, 0.15) is 11.4 Å². The predicted molar refractivity (Wildman–Crippen MR) is 136 cm³/mol. The normalized spacial score (nSPS) is 11.7. The quantitative estimate of drug-likeness (QED) is 0.390. The number of hydrogen-bond acceptors (Lipinski definition) is 6. The topological polar surface area (TPSA) is 98.3 Å². The summed E-state index contributed by atoms with van der Waals surface area (Å²) in [6.07, 6.45) is 5.31. The molecule has 0 fully saturated rings. The number of nitrogen functional groups attached to an aromatic ring is 1. The van der Waals surface area contributed by atoms with Gasteiger partial charge in [-0.2, -0.15) is 5.10 Å². The van der Waals surface area contributed by atoms with Gasteiger partial charge in [-0.25, -0.2) is 9.37 Å². The minimum Gasteiger partial charge on any atom is -0.489 e. The van der Waals surface area contributed by atoms with Crippen molar-refractivity contribution in [2.45, 2.75) is 25.8 Å². The van der Waals surface area contributed by atoms with Crippen LogP contribution in [0.5, 0.6) is 5.75 Å². The van der Waals surface area contributed by atoms with Crippen LogP contribution in [-0.2, 0) is 16.8 Å². The molecule has 0 aliphatic rings. The van der Waals surface area contributed by atoms with Crippen molar-refractivity contribution in [3.63, 3.8) is 0 Å². The Bertz CT molecular complexity index is 1200. The number of amides is 1. The van der Waals surface area contributed by atoms with E-state index in [1.807, 2.05) is 19.0 Å². The second-order valence-electron chi connectivity index (χ2n) is 8.82. The van der Waals surface area contributed by atoms with Crippen molar-refractivity contribution in [3.8, 4) is 16.9 Å². The molecule has 3 rings (SSSR count). The van der Waals surface area contributed by atoms with Crippen molar-refractivity contribution in [2.24, 2.45) is 0 Å². The van der Waals surface area contributed by atoms with Crippen LogP contribution in [0.1, 0.15) is 19.4 Å². The average Bonchev–Trinajstić information content (AvgIpc) is 3.30. The Balaban J connectivity index is 1.71. The molecule has 0 bridgehead atoms. The van der Waals surface area contributed by atoms with Crippen LogP contribution in [-0.4, -0.2) is 59.4 Å². The molecule has 188 valence electrons. The zero-order chi connectivity index (χ0) is 25.8. The summed E-state index contributed by atoms with van der Waals surface area (Å²) < 4.78 is 21.2. The maximum atomic E-state index is 13.7. The molecule has 2 heterocycles. The van der Waals surface area contributed by atoms with E-state index < -0.39 is 11.4 Å². The van der Waals surface area contributed by atoms with Crippen molar-refractivity contribution in [3.05, 3.63) is 58.2 Å². The van der Waals surface area contributed by atoms with E-state index in [0.29, 0.717) is 28.4 Å². The molecule has 0 spiro atoms. The number of carbonyl (C=O) groups excluding carboxylic acids is 1. The monoisotopic (exact) mass is 522 g/mol. The fourth-order valence-electron chi connectivity index (χ4n) is 3.28. The Morgan fingerprint density at radius 1 is 1.26 bits per heavy atom. The number of rotatable bonds is 10. The predicted octanol–water partition coefficient (Wildman–Crippen LogP) is 4.01. The van der Waals surface area contributed by atoms with Gasteiger partial charge < -0.3 is 20.7 Å². The zero-order valence-electron chi connectivity index (χ0n) is 20.1. The molecule has 0 saturated carbocycles. The van der Waals surface area contributed by atoms with E-state index in [-0.39, 0.29) is 29.8 Å². The van der Waals surface area contributed by atoms with Gasteiger partial charge in [0.15, 0.2) is 11.6 Å². The fourth-order valence-corrected chi connectivity index (χ4v) is 3.84. The van der Waals surface area contributed by atoms with Crippen LogP contribution in [0.15, 0.2) is 36.8 Å². The number of hydrogen-bond donors (Lipinski definition) is 2. The van der Waals surface area contributed by atoms with Crippen LogP contribution >= 0.6 is 23.2 Å². The summed E-state index contributed by atoms with van der Waals surface area (Å²) in [5, 5.41) is 7.66. The molecule has 35 heavy (non-hydrogen) atoms. The Labute approximate surface area is 214 Å². The first-order valence-corrected chi connectivity index (χ1v) is 11.8. The minimum atomic E-state index is -0.894. The molecule has 3 aromatic rings. The SMILES string of the molecule is CN(C)CCNC(=O)C(C)(C)n1cc(-c2cnc(N)c(OCCc3c(Cl)ccc(F)c3Cl)c2)cn1. The number of likely N-dealkylation sites (N-methyl/N-ethyl adjacent to an activating group) is 1. The average molecular weight is 523 g/mol. The van der Waals surface area contributed by atoms with Gasteiger partial charge in [0, 0.05) is 48.1 Å². The molecule has 2 aromatic heterocycles. The number of halogens is 3. The Morgan fingerprint density at radius 3 is 2.71 bits per heavy atom. The molecule has 1 aromatic carbocycles. The third kappa shape index (κ3) is 6.42. The van der Waals surface area contributed by atoms with Crippen LogP contribution in [0, 0.1) is 5.82 Å². The largest absolute Gasteiger partial charge is 0.489 e. The highest BCUT2D eigenvalue weighted by Crippen LogP contribution is 2.30. The van der Waals surface area contributed by atoms with E-state index in [1.165, 1.54) is 12.1 Å². The first-order valence-electron chi connectivity index (χ1n) is 11.0. The highest BCUT2D eigenvalue weighted by atomic mass is 35.5. The van der Waals surface area contributed by atoms with Crippen LogP contribution in [0.25, 0.3) is 11.1 Å². The van der Waals surface area contributed by atoms with Gasteiger partial charge in [-0.15, -0.1) is 0 Å². The smallest absolute Gasteiger partial charge is 0.247 e. The van der Waals surface area contributed by atoms with Crippen LogP contribution < -0.4 is 15.8 Å². The molecule has 8 nitrogen and oxygen atoms in total. The van der Waals surface area contributed by atoms with Crippen molar-refractivity contribution < 1.29 is 13.9 Å². The van der Waals surface area contributed by atoms with Crippen molar-refractivity contribution in [2.75, 3.05) is 39.5 Å². The third-order valence-electron chi connectivity index (χ3n) is 5.52. The number of anilines is 1. The second kappa shape index (κ2) is 11.2.